The van der Waals surface area contributed by atoms with E-state index in [0.717, 1.165) is 17.2 Å². The predicted octanol–water partition coefficient (Wildman–Crippen LogP) is 4.28. The fraction of sp³-hybridized carbons (Fsp3) is 0.174. The van der Waals surface area contributed by atoms with E-state index in [1.54, 1.807) is 6.20 Å². The highest BCUT2D eigenvalue weighted by Crippen LogP contribution is 2.17. The second kappa shape index (κ2) is 8.65. The summed E-state index contributed by atoms with van der Waals surface area (Å²) in [4.78, 5) is 15.8. The molecule has 152 valence electrons. The molecule has 0 spiro atoms. The van der Waals surface area contributed by atoms with E-state index in [1.807, 2.05) is 54.4 Å². The van der Waals surface area contributed by atoms with Gasteiger partial charge in [-0.15, -0.1) is 0 Å². The molecule has 1 aromatic heterocycles. The van der Waals surface area contributed by atoms with Crippen LogP contribution in [-0.2, 0) is 0 Å². The number of nitrogens with zero attached hydrogens (tertiary/aromatic N) is 4. The maximum absolute atomic E-state index is 4.75. The van der Waals surface area contributed by atoms with E-state index < -0.39 is 0 Å². The molecule has 0 aliphatic carbocycles. The zero-order valence-corrected chi connectivity index (χ0v) is 17.3. The minimum Gasteiger partial charge on any atom is -0.331 e. The van der Waals surface area contributed by atoms with Crippen LogP contribution in [0.15, 0.2) is 82.9 Å². The van der Waals surface area contributed by atoms with Crippen molar-refractivity contribution in [2.75, 3.05) is 23.0 Å². The highest BCUT2D eigenvalue weighted by atomic mass is 15.5. The Morgan fingerprint density at radius 2 is 1.53 bits per heavy atom. The molecule has 30 heavy (non-hydrogen) atoms. The Morgan fingerprint density at radius 1 is 0.833 bits per heavy atom. The Bertz CT molecular complexity index is 1080. The van der Waals surface area contributed by atoms with Crippen molar-refractivity contribution in [2.24, 2.45) is 9.98 Å². The molecule has 3 aromatic rings. The van der Waals surface area contributed by atoms with Crippen LogP contribution in [0, 0.1) is 13.8 Å². The molecular formula is C23H25N7. The van der Waals surface area contributed by atoms with Crippen molar-refractivity contribution in [3.05, 3.63) is 84.1 Å². The average molecular weight is 400 g/mol. The third-order valence-corrected chi connectivity index (χ3v) is 4.65. The van der Waals surface area contributed by atoms with Gasteiger partial charge in [-0.25, -0.2) is 9.98 Å². The largest absolute Gasteiger partial charge is 0.331 e. The lowest BCUT2D eigenvalue weighted by Gasteiger charge is -2.32. The van der Waals surface area contributed by atoms with E-state index in [-0.39, 0.29) is 6.29 Å². The first-order valence-corrected chi connectivity index (χ1v) is 9.81. The van der Waals surface area contributed by atoms with E-state index in [2.05, 4.69) is 59.0 Å². The second-order valence-corrected chi connectivity index (χ2v) is 7.22. The molecule has 3 N–H and O–H groups in total. The number of hydrogen-bond donors (Lipinski definition) is 3. The van der Waals surface area contributed by atoms with Crippen LogP contribution < -0.4 is 16.0 Å². The van der Waals surface area contributed by atoms with Gasteiger partial charge in [0, 0.05) is 24.6 Å². The molecule has 7 nitrogen and oxygen atoms in total. The molecule has 1 aliphatic heterocycles. The highest BCUT2D eigenvalue weighted by Gasteiger charge is 2.24. The van der Waals surface area contributed by atoms with Gasteiger partial charge in [0.15, 0.2) is 0 Å². The molecule has 0 fully saturated rings. The van der Waals surface area contributed by atoms with E-state index in [4.69, 9.17) is 9.98 Å². The minimum absolute atomic E-state index is 0.378. The zero-order valence-electron chi connectivity index (χ0n) is 17.3. The molecule has 0 amide bonds. The summed E-state index contributed by atoms with van der Waals surface area (Å²) >= 11 is 0. The molecule has 2 heterocycles. The number of pyridine rings is 1. The molecule has 1 aliphatic rings. The van der Waals surface area contributed by atoms with Gasteiger partial charge in [0.1, 0.15) is 5.82 Å². The van der Waals surface area contributed by atoms with Crippen LogP contribution in [0.3, 0.4) is 0 Å². The van der Waals surface area contributed by atoms with Crippen LogP contribution in [0.25, 0.3) is 0 Å². The topological polar surface area (TPSA) is 76.9 Å². The van der Waals surface area contributed by atoms with E-state index >= 15 is 0 Å². The maximum atomic E-state index is 4.75. The number of anilines is 3. The molecular weight excluding hydrogens is 374 g/mol. The SMILES string of the molecule is Cc1cccc(NC2=NC(Nc3ccccn3)N(C)C(Nc3cccc(C)c3)=N2)c1. The number of rotatable bonds is 4. The minimum atomic E-state index is -0.378. The molecule has 4 rings (SSSR count). The summed E-state index contributed by atoms with van der Waals surface area (Å²) < 4.78 is 0. The number of hydrogen-bond acceptors (Lipinski definition) is 7. The number of benzene rings is 2. The highest BCUT2D eigenvalue weighted by molar-refractivity contribution is 6.07. The first-order chi connectivity index (χ1) is 14.6. The molecule has 2 aromatic carbocycles. The maximum Gasteiger partial charge on any atom is 0.229 e. The van der Waals surface area contributed by atoms with Crippen LogP contribution in [-0.4, -0.2) is 35.1 Å². The molecule has 0 bridgehead atoms. The molecule has 7 heteroatoms. The van der Waals surface area contributed by atoms with Crippen LogP contribution in [0.1, 0.15) is 11.1 Å². The fourth-order valence-electron chi connectivity index (χ4n) is 3.12. The summed E-state index contributed by atoms with van der Waals surface area (Å²) in [7, 11) is 1.94. The Morgan fingerprint density at radius 3 is 2.17 bits per heavy atom. The normalized spacial score (nSPS) is 15.8. The molecule has 0 saturated carbocycles. The van der Waals surface area contributed by atoms with Crippen molar-refractivity contribution >= 4 is 29.1 Å². The Balaban J connectivity index is 1.63. The van der Waals surface area contributed by atoms with Gasteiger partial charge in [-0.05, 0) is 61.4 Å². The third kappa shape index (κ3) is 4.75. The molecule has 0 radical (unpaired) electrons. The number of aromatic nitrogens is 1. The molecule has 0 saturated heterocycles. The number of nitrogens with one attached hydrogen (secondary N) is 3. The average Bonchev–Trinajstić information content (AvgIpc) is 2.72. The smallest absolute Gasteiger partial charge is 0.229 e. The fourth-order valence-corrected chi connectivity index (χ4v) is 3.12. The zero-order chi connectivity index (χ0) is 20.9. The van der Waals surface area contributed by atoms with Crippen molar-refractivity contribution in [3.8, 4) is 0 Å². The second-order valence-electron chi connectivity index (χ2n) is 7.22. The van der Waals surface area contributed by atoms with Crippen molar-refractivity contribution in [1.82, 2.24) is 9.88 Å². The van der Waals surface area contributed by atoms with Gasteiger partial charge < -0.3 is 20.9 Å². The molecule has 1 atom stereocenters. The van der Waals surface area contributed by atoms with E-state index in [9.17, 15) is 0 Å². The van der Waals surface area contributed by atoms with Crippen molar-refractivity contribution in [1.29, 1.82) is 0 Å². The first-order valence-electron chi connectivity index (χ1n) is 9.81. The lowest BCUT2D eigenvalue weighted by atomic mass is 10.2. The van der Waals surface area contributed by atoms with Gasteiger partial charge in [-0.2, -0.15) is 4.99 Å². The van der Waals surface area contributed by atoms with Gasteiger partial charge in [0.2, 0.25) is 18.2 Å². The summed E-state index contributed by atoms with van der Waals surface area (Å²) in [6.45, 7) is 4.12. The monoisotopic (exact) mass is 399 g/mol. The van der Waals surface area contributed by atoms with Gasteiger partial charge in [0.05, 0.1) is 0 Å². The first kappa shape index (κ1) is 19.4. The Kier molecular flexibility index (Phi) is 5.61. The van der Waals surface area contributed by atoms with Gasteiger partial charge in [-0.1, -0.05) is 30.3 Å². The van der Waals surface area contributed by atoms with Gasteiger partial charge >= 0.3 is 0 Å². The summed E-state index contributed by atoms with van der Waals surface area (Å²) in [5, 5.41) is 10.1. The van der Waals surface area contributed by atoms with Crippen molar-refractivity contribution < 1.29 is 0 Å². The van der Waals surface area contributed by atoms with Crippen LogP contribution in [0.5, 0.6) is 0 Å². The van der Waals surface area contributed by atoms with Crippen LogP contribution in [0.4, 0.5) is 17.2 Å². The summed E-state index contributed by atoms with van der Waals surface area (Å²) in [5.41, 5.74) is 4.25. The summed E-state index contributed by atoms with van der Waals surface area (Å²) in [6, 6.07) is 22.0. The van der Waals surface area contributed by atoms with Crippen LogP contribution >= 0.6 is 0 Å². The molecule has 1 unspecified atom stereocenters. The Hall–Kier alpha value is -3.87. The van der Waals surface area contributed by atoms with Gasteiger partial charge in [-0.3, -0.25) is 0 Å². The third-order valence-electron chi connectivity index (χ3n) is 4.65. The summed E-state index contributed by atoms with van der Waals surface area (Å²) in [6.07, 6.45) is 1.37. The number of aryl methyl sites for hydroxylation is 2. The lowest BCUT2D eigenvalue weighted by molar-refractivity contribution is 0.405. The quantitative estimate of drug-likeness (QED) is 0.611. The van der Waals surface area contributed by atoms with Crippen LogP contribution in [0.2, 0.25) is 0 Å². The summed E-state index contributed by atoms with van der Waals surface area (Å²) in [5.74, 6) is 1.94. The number of aliphatic imine (C=N–C) groups is 2. The number of guanidine groups is 2. The standard InChI is InChI=1S/C23H25N7/c1-16-8-6-10-18(14-16)25-21-28-22(26-19-11-7-9-17(2)15-19)30(3)23(29-21)27-20-12-4-5-13-24-20/h4-15,23H,1-3H3,(H,24,27)(H2,25,26,28,29). The van der Waals surface area contributed by atoms with Gasteiger partial charge in [0.25, 0.3) is 0 Å². The van der Waals surface area contributed by atoms with E-state index in [1.165, 1.54) is 11.1 Å². The van der Waals surface area contributed by atoms with E-state index in [0.29, 0.717) is 11.9 Å². The van der Waals surface area contributed by atoms with Crippen molar-refractivity contribution in [3.63, 3.8) is 0 Å². The predicted molar refractivity (Wildman–Crippen MR) is 124 cm³/mol. The van der Waals surface area contributed by atoms with Crippen molar-refractivity contribution in [2.45, 2.75) is 20.1 Å². The lowest BCUT2D eigenvalue weighted by Crippen LogP contribution is -2.48. The Labute approximate surface area is 176 Å².